The van der Waals surface area contributed by atoms with Crippen LogP contribution in [0.3, 0.4) is 0 Å². The molecule has 0 fully saturated rings. The molecule has 1 aliphatic rings. The molecule has 0 spiro atoms. The minimum atomic E-state index is -0.163. The van der Waals surface area contributed by atoms with E-state index in [4.69, 9.17) is 9.47 Å². The second-order valence-corrected chi connectivity index (χ2v) is 5.86. The maximum Gasteiger partial charge on any atom is 0.257 e. The van der Waals surface area contributed by atoms with Crippen molar-refractivity contribution in [3.8, 4) is 11.5 Å². The number of nitrogens with zero attached hydrogens (tertiary/aromatic N) is 1. The fourth-order valence-electron chi connectivity index (χ4n) is 2.67. The van der Waals surface area contributed by atoms with E-state index in [2.05, 4.69) is 5.32 Å². The molecule has 0 bridgehead atoms. The SMILES string of the molecule is COc1cccc(CC(=O)Nc2ccc3c(c2)C(=O)N(C)CCO3)c1. The lowest BCUT2D eigenvalue weighted by Crippen LogP contribution is -2.27. The first-order chi connectivity index (χ1) is 12.1. The van der Waals surface area contributed by atoms with E-state index in [-0.39, 0.29) is 18.2 Å². The molecule has 2 amide bonds. The first-order valence-electron chi connectivity index (χ1n) is 8.02. The molecular weight excluding hydrogens is 320 g/mol. The molecule has 25 heavy (non-hydrogen) atoms. The van der Waals surface area contributed by atoms with Gasteiger partial charge in [-0.15, -0.1) is 0 Å². The van der Waals surface area contributed by atoms with Gasteiger partial charge >= 0.3 is 0 Å². The minimum Gasteiger partial charge on any atom is -0.497 e. The Kier molecular flexibility index (Phi) is 4.88. The fraction of sp³-hybridized carbons (Fsp3) is 0.263. The molecule has 0 saturated heterocycles. The maximum absolute atomic E-state index is 12.4. The number of rotatable bonds is 4. The molecule has 2 aromatic carbocycles. The van der Waals surface area contributed by atoms with Crippen molar-refractivity contribution in [2.24, 2.45) is 0 Å². The van der Waals surface area contributed by atoms with Gasteiger partial charge in [0.15, 0.2) is 0 Å². The standard InChI is InChI=1S/C19H20N2O4/c1-21-8-9-25-17-7-6-14(12-16(17)19(21)23)20-18(22)11-13-4-3-5-15(10-13)24-2/h3-7,10,12H,8-9,11H2,1-2H3,(H,20,22). The predicted molar refractivity (Wildman–Crippen MR) is 94.2 cm³/mol. The fourth-order valence-corrected chi connectivity index (χ4v) is 2.67. The highest BCUT2D eigenvalue weighted by Crippen LogP contribution is 2.26. The lowest BCUT2D eigenvalue weighted by atomic mass is 10.1. The van der Waals surface area contributed by atoms with Gasteiger partial charge < -0.3 is 19.7 Å². The summed E-state index contributed by atoms with van der Waals surface area (Å²) < 4.78 is 10.7. The van der Waals surface area contributed by atoms with E-state index in [0.717, 1.165) is 5.56 Å². The third-order valence-corrected chi connectivity index (χ3v) is 4.02. The number of hydrogen-bond acceptors (Lipinski definition) is 4. The molecule has 0 aliphatic carbocycles. The second kappa shape index (κ2) is 7.25. The number of ether oxygens (including phenoxy) is 2. The summed E-state index contributed by atoms with van der Waals surface area (Å²) in [6.45, 7) is 0.988. The normalized spacial score (nSPS) is 13.5. The van der Waals surface area contributed by atoms with Gasteiger partial charge in [-0.05, 0) is 35.9 Å². The monoisotopic (exact) mass is 340 g/mol. The Morgan fingerprint density at radius 3 is 2.92 bits per heavy atom. The predicted octanol–water partition coefficient (Wildman–Crippen LogP) is 2.34. The quantitative estimate of drug-likeness (QED) is 0.928. The molecule has 6 heteroatoms. The van der Waals surface area contributed by atoms with Crippen LogP contribution in [0, 0.1) is 0 Å². The third-order valence-electron chi connectivity index (χ3n) is 4.02. The number of carbonyl (C=O) groups is 2. The van der Waals surface area contributed by atoms with Gasteiger partial charge in [-0.3, -0.25) is 9.59 Å². The van der Waals surface area contributed by atoms with Crippen LogP contribution in [-0.4, -0.2) is 44.0 Å². The molecule has 0 radical (unpaired) electrons. The number of hydrogen-bond donors (Lipinski definition) is 1. The average Bonchev–Trinajstić information content (AvgIpc) is 2.74. The number of amides is 2. The Morgan fingerprint density at radius 2 is 2.12 bits per heavy atom. The highest BCUT2D eigenvalue weighted by molar-refractivity contribution is 6.00. The Hall–Kier alpha value is -3.02. The molecule has 0 atom stereocenters. The summed E-state index contributed by atoms with van der Waals surface area (Å²) in [7, 11) is 3.32. The summed E-state index contributed by atoms with van der Waals surface area (Å²) in [4.78, 5) is 26.2. The largest absolute Gasteiger partial charge is 0.497 e. The van der Waals surface area contributed by atoms with Crippen LogP contribution >= 0.6 is 0 Å². The van der Waals surface area contributed by atoms with Gasteiger partial charge in [0.1, 0.15) is 18.1 Å². The lowest BCUT2D eigenvalue weighted by molar-refractivity contribution is -0.115. The van der Waals surface area contributed by atoms with Crippen LogP contribution < -0.4 is 14.8 Å². The lowest BCUT2D eigenvalue weighted by Gasteiger charge is -2.13. The van der Waals surface area contributed by atoms with Gasteiger partial charge in [0, 0.05) is 12.7 Å². The first kappa shape index (κ1) is 16.8. The number of carbonyl (C=O) groups excluding carboxylic acids is 2. The van der Waals surface area contributed by atoms with Gasteiger partial charge in [0.2, 0.25) is 5.91 Å². The van der Waals surface area contributed by atoms with E-state index in [1.165, 1.54) is 0 Å². The van der Waals surface area contributed by atoms with Crippen molar-refractivity contribution in [3.05, 3.63) is 53.6 Å². The van der Waals surface area contributed by atoms with Crippen LogP contribution in [0.25, 0.3) is 0 Å². The van der Waals surface area contributed by atoms with Gasteiger partial charge in [0.05, 0.1) is 25.6 Å². The molecule has 0 aromatic heterocycles. The van der Waals surface area contributed by atoms with Gasteiger partial charge in [-0.1, -0.05) is 12.1 Å². The molecule has 6 nitrogen and oxygen atoms in total. The Labute approximate surface area is 146 Å². The Bertz CT molecular complexity index is 804. The van der Waals surface area contributed by atoms with E-state index >= 15 is 0 Å². The average molecular weight is 340 g/mol. The van der Waals surface area contributed by atoms with Crippen molar-refractivity contribution in [2.45, 2.75) is 6.42 Å². The number of anilines is 1. The zero-order valence-corrected chi connectivity index (χ0v) is 14.2. The number of benzene rings is 2. The van der Waals surface area contributed by atoms with Crippen molar-refractivity contribution in [1.29, 1.82) is 0 Å². The third kappa shape index (κ3) is 3.91. The first-order valence-corrected chi connectivity index (χ1v) is 8.02. The second-order valence-electron chi connectivity index (χ2n) is 5.86. The van der Waals surface area contributed by atoms with Crippen LogP contribution in [0.15, 0.2) is 42.5 Å². The van der Waals surface area contributed by atoms with E-state index in [1.54, 1.807) is 37.3 Å². The van der Waals surface area contributed by atoms with Gasteiger partial charge in [0.25, 0.3) is 5.91 Å². The van der Waals surface area contributed by atoms with Crippen molar-refractivity contribution in [3.63, 3.8) is 0 Å². The zero-order valence-electron chi connectivity index (χ0n) is 14.2. The number of methoxy groups -OCH3 is 1. The number of likely N-dealkylation sites (N-methyl/N-ethyl adjacent to an activating group) is 1. The Morgan fingerprint density at radius 1 is 1.28 bits per heavy atom. The highest BCUT2D eigenvalue weighted by Gasteiger charge is 2.21. The van der Waals surface area contributed by atoms with E-state index < -0.39 is 0 Å². The molecule has 1 N–H and O–H groups in total. The van der Waals surface area contributed by atoms with Crippen LogP contribution in [0.2, 0.25) is 0 Å². The van der Waals surface area contributed by atoms with Crippen molar-refractivity contribution < 1.29 is 19.1 Å². The van der Waals surface area contributed by atoms with Crippen LogP contribution in [0.4, 0.5) is 5.69 Å². The summed E-state index contributed by atoms with van der Waals surface area (Å²) in [6, 6.07) is 12.5. The molecule has 130 valence electrons. The molecule has 1 aliphatic heterocycles. The summed E-state index contributed by atoms with van der Waals surface area (Å²) in [5, 5.41) is 2.83. The van der Waals surface area contributed by atoms with Crippen molar-refractivity contribution in [2.75, 3.05) is 32.6 Å². The molecule has 3 rings (SSSR count). The van der Waals surface area contributed by atoms with Crippen LogP contribution in [0.5, 0.6) is 11.5 Å². The summed E-state index contributed by atoms with van der Waals surface area (Å²) in [5.74, 6) is 0.973. The maximum atomic E-state index is 12.4. The van der Waals surface area contributed by atoms with Crippen LogP contribution in [0.1, 0.15) is 15.9 Å². The van der Waals surface area contributed by atoms with Gasteiger partial charge in [-0.2, -0.15) is 0 Å². The molecule has 1 heterocycles. The minimum absolute atomic E-state index is 0.114. The summed E-state index contributed by atoms with van der Waals surface area (Å²) in [6.07, 6.45) is 0.221. The molecular formula is C19H20N2O4. The number of fused-ring (bicyclic) bond motifs is 1. The summed E-state index contributed by atoms with van der Waals surface area (Å²) >= 11 is 0. The zero-order chi connectivity index (χ0) is 17.8. The van der Waals surface area contributed by atoms with Crippen LogP contribution in [-0.2, 0) is 11.2 Å². The topological polar surface area (TPSA) is 67.9 Å². The summed E-state index contributed by atoms with van der Waals surface area (Å²) in [5.41, 5.74) is 1.88. The van der Waals surface area contributed by atoms with E-state index in [0.29, 0.717) is 35.9 Å². The molecule has 0 unspecified atom stereocenters. The Balaban J connectivity index is 1.73. The van der Waals surface area contributed by atoms with E-state index in [1.807, 2.05) is 24.3 Å². The van der Waals surface area contributed by atoms with Gasteiger partial charge in [-0.25, -0.2) is 0 Å². The van der Waals surface area contributed by atoms with Crippen molar-refractivity contribution >= 4 is 17.5 Å². The molecule has 0 saturated carbocycles. The molecule has 2 aromatic rings. The van der Waals surface area contributed by atoms with Crippen molar-refractivity contribution in [1.82, 2.24) is 4.90 Å². The highest BCUT2D eigenvalue weighted by atomic mass is 16.5. The van der Waals surface area contributed by atoms with E-state index in [9.17, 15) is 9.59 Å². The number of nitrogens with one attached hydrogen (secondary N) is 1. The smallest absolute Gasteiger partial charge is 0.257 e.